The molecule has 2 N–H and O–H groups in total. The summed E-state index contributed by atoms with van der Waals surface area (Å²) in [5.41, 5.74) is 1.84. The molecule has 2 aliphatic rings. The molecule has 1 aliphatic heterocycles. The van der Waals surface area contributed by atoms with Crippen LogP contribution >= 0.6 is 11.6 Å². The summed E-state index contributed by atoms with van der Waals surface area (Å²) >= 11 is 5.86. The summed E-state index contributed by atoms with van der Waals surface area (Å²) in [5, 5.41) is 12.5. The summed E-state index contributed by atoms with van der Waals surface area (Å²) in [6.45, 7) is 0.854. The zero-order valence-corrected chi connectivity index (χ0v) is 16.5. The summed E-state index contributed by atoms with van der Waals surface area (Å²) in [5.74, 6) is 1.93. The van der Waals surface area contributed by atoms with Gasteiger partial charge in [0.25, 0.3) is 0 Å². The van der Waals surface area contributed by atoms with Crippen LogP contribution < -0.4 is 10.0 Å². The molecule has 0 radical (unpaired) electrons. The molecule has 2 atom stereocenters. The van der Waals surface area contributed by atoms with Crippen LogP contribution in [0.1, 0.15) is 36.7 Å². The van der Waals surface area contributed by atoms with Gasteiger partial charge in [0, 0.05) is 29.9 Å². The molecule has 0 saturated heterocycles. The van der Waals surface area contributed by atoms with Gasteiger partial charge >= 0.3 is 0 Å². The zero-order valence-electron chi connectivity index (χ0n) is 15.0. The number of sulfonamides is 1. The van der Waals surface area contributed by atoms with Gasteiger partial charge in [-0.15, -0.1) is 10.2 Å². The summed E-state index contributed by atoms with van der Waals surface area (Å²) < 4.78 is 30.2. The van der Waals surface area contributed by atoms with Gasteiger partial charge in [0.2, 0.25) is 10.0 Å². The van der Waals surface area contributed by atoms with Gasteiger partial charge in [-0.2, -0.15) is 0 Å². The molecular weight excluding hydrogens is 400 g/mol. The standard InChI is InChI=1S/C18H19ClN6O2S/c19-12-2-5-14(6-3-12)28(26,27)24-13-4-1-11(9-13)18-23-22-16-10-21-17-15(25(16)18)7-8-20-17/h2-3,5-6,10-11,13,20,24H,1,4,7-9H2/t11-,13+/m1/s1. The van der Waals surface area contributed by atoms with Crippen molar-refractivity contribution >= 4 is 33.1 Å². The van der Waals surface area contributed by atoms with E-state index in [9.17, 15) is 8.42 Å². The zero-order chi connectivity index (χ0) is 19.3. The fourth-order valence-corrected chi connectivity index (χ4v) is 5.55. The van der Waals surface area contributed by atoms with Gasteiger partial charge in [-0.3, -0.25) is 4.40 Å². The van der Waals surface area contributed by atoms with Crippen molar-refractivity contribution in [3.8, 4) is 0 Å². The van der Waals surface area contributed by atoms with Gasteiger partial charge < -0.3 is 5.32 Å². The van der Waals surface area contributed by atoms with E-state index in [0.29, 0.717) is 11.4 Å². The van der Waals surface area contributed by atoms with Crippen LogP contribution in [0, 0.1) is 0 Å². The predicted molar refractivity (Wildman–Crippen MR) is 105 cm³/mol. The van der Waals surface area contributed by atoms with Crippen molar-refractivity contribution in [1.82, 2.24) is 24.3 Å². The first-order valence-corrected chi connectivity index (χ1v) is 11.1. The van der Waals surface area contributed by atoms with E-state index in [2.05, 4.69) is 29.6 Å². The van der Waals surface area contributed by atoms with Gasteiger partial charge in [0.1, 0.15) is 11.6 Å². The first-order valence-electron chi connectivity index (χ1n) is 9.26. The minimum Gasteiger partial charge on any atom is -0.368 e. The molecule has 146 valence electrons. The van der Waals surface area contributed by atoms with Crippen LogP contribution in [0.2, 0.25) is 5.02 Å². The third-order valence-corrected chi connectivity index (χ3v) is 7.25. The SMILES string of the molecule is O=S(=O)(N[C@H]1CC[C@@H](c2nnc3cnc4c(n23)CCN4)C1)c1ccc(Cl)cc1. The van der Waals surface area contributed by atoms with Crippen molar-refractivity contribution in [3.05, 3.63) is 47.0 Å². The van der Waals surface area contributed by atoms with Crippen molar-refractivity contribution in [1.29, 1.82) is 0 Å². The highest BCUT2D eigenvalue weighted by atomic mass is 35.5. The molecule has 0 spiro atoms. The van der Waals surface area contributed by atoms with E-state index in [0.717, 1.165) is 48.8 Å². The summed E-state index contributed by atoms with van der Waals surface area (Å²) in [6.07, 6.45) is 4.92. The molecule has 10 heteroatoms. The van der Waals surface area contributed by atoms with Crippen LogP contribution in [0.3, 0.4) is 0 Å². The Morgan fingerprint density at radius 1 is 1.18 bits per heavy atom. The quantitative estimate of drug-likeness (QED) is 0.674. The van der Waals surface area contributed by atoms with Crippen LogP contribution in [-0.2, 0) is 16.4 Å². The fourth-order valence-electron chi connectivity index (χ4n) is 4.14. The highest BCUT2D eigenvalue weighted by Gasteiger charge is 2.33. The Morgan fingerprint density at radius 2 is 2.00 bits per heavy atom. The maximum Gasteiger partial charge on any atom is 0.240 e. The lowest BCUT2D eigenvalue weighted by molar-refractivity contribution is 0.546. The second kappa shape index (κ2) is 6.68. The second-order valence-corrected chi connectivity index (χ2v) is 9.41. The minimum absolute atomic E-state index is 0.133. The van der Waals surface area contributed by atoms with Crippen LogP contribution in [0.4, 0.5) is 5.82 Å². The Bertz CT molecular complexity index is 1140. The van der Waals surface area contributed by atoms with Gasteiger partial charge in [-0.05, 0) is 43.5 Å². The molecule has 5 rings (SSSR count). The third kappa shape index (κ3) is 3.03. The molecule has 1 saturated carbocycles. The second-order valence-electron chi connectivity index (χ2n) is 7.26. The smallest absolute Gasteiger partial charge is 0.240 e. The largest absolute Gasteiger partial charge is 0.368 e. The Morgan fingerprint density at radius 3 is 2.82 bits per heavy atom. The van der Waals surface area contributed by atoms with Gasteiger partial charge in [-0.25, -0.2) is 18.1 Å². The van der Waals surface area contributed by atoms with Gasteiger partial charge in [0.15, 0.2) is 5.65 Å². The number of rotatable bonds is 4. The van der Waals surface area contributed by atoms with Crippen molar-refractivity contribution < 1.29 is 8.42 Å². The Balaban J connectivity index is 1.37. The number of nitrogens with zero attached hydrogens (tertiary/aromatic N) is 4. The lowest BCUT2D eigenvalue weighted by Gasteiger charge is -2.14. The molecule has 1 fully saturated rings. The predicted octanol–water partition coefficient (Wildman–Crippen LogP) is 2.36. The van der Waals surface area contributed by atoms with E-state index >= 15 is 0 Å². The number of benzene rings is 1. The maximum absolute atomic E-state index is 12.7. The molecule has 0 amide bonds. The van der Waals surface area contributed by atoms with E-state index in [1.165, 1.54) is 12.1 Å². The molecule has 0 unspecified atom stereocenters. The average Bonchev–Trinajstić information content (AvgIpc) is 3.39. The molecule has 3 aromatic rings. The van der Waals surface area contributed by atoms with Crippen LogP contribution in [0.5, 0.6) is 0 Å². The van der Waals surface area contributed by atoms with Crippen LogP contribution in [0.15, 0.2) is 35.4 Å². The molecule has 1 aliphatic carbocycles. The minimum atomic E-state index is -3.58. The van der Waals surface area contributed by atoms with Crippen LogP contribution in [-0.4, -0.2) is 40.6 Å². The number of anilines is 1. The summed E-state index contributed by atoms with van der Waals surface area (Å²) in [6, 6.07) is 6.07. The average molecular weight is 419 g/mol. The monoisotopic (exact) mass is 418 g/mol. The van der Waals surface area contributed by atoms with E-state index in [1.807, 2.05) is 0 Å². The molecule has 3 heterocycles. The van der Waals surface area contributed by atoms with Crippen molar-refractivity contribution in [2.45, 2.75) is 42.5 Å². The lowest BCUT2D eigenvalue weighted by atomic mass is 10.1. The number of fused-ring (bicyclic) bond motifs is 3. The highest BCUT2D eigenvalue weighted by Crippen LogP contribution is 2.35. The topological polar surface area (TPSA) is 101 Å². The van der Waals surface area contributed by atoms with Crippen molar-refractivity contribution in [2.24, 2.45) is 0 Å². The maximum atomic E-state index is 12.7. The Kier molecular flexibility index (Phi) is 4.26. The van der Waals surface area contributed by atoms with E-state index in [1.54, 1.807) is 18.3 Å². The number of hydrogen-bond acceptors (Lipinski definition) is 6. The first kappa shape index (κ1) is 17.8. The molecule has 28 heavy (non-hydrogen) atoms. The number of aromatic nitrogens is 4. The molecule has 0 bridgehead atoms. The lowest BCUT2D eigenvalue weighted by Crippen LogP contribution is -2.33. The Hall–Kier alpha value is -2.23. The van der Waals surface area contributed by atoms with E-state index in [-0.39, 0.29) is 16.9 Å². The molecule has 2 aromatic heterocycles. The van der Waals surface area contributed by atoms with E-state index < -0.39 is 10.0 Å². The van der Waals surface area contributed by atoms with Crippen molar-refractivity contribution in [2.75, 3.05) is 11.9 Å². The number of halogens is 1. The third-order valence-electron chi connectivity index (χ3n) is 5.46. The van der Waals surface area contributed by atoms with Crippen LogP contribution in [0.25, 0.3) is 5.65 Å². The molecule has 8 nitrogen and oxygen atoms in total. The molecular formula is C18H19ClN6O2S. The summed E-state index contributed by atoms with van der Waals surface area (Å²) in [4.78, 5) is 4.62. The normalized spacial score (nSPS) is 21.8. The Labute approximate surface area is 167 Å². The number of hydrogen-bond donors (Lipinski definition) is 2. The van der Waals surface area contributed by atoms with E-state index in [4.69, 9.17) is 11.6 Å². The fraction of sp³-hybridized carbons (Fsp3) is 0.389. The highest BCUT2D eigenvalue weighted by molar-refractivity contribution is 7.89. The summed E-state index contributed by atoms with van der Waals surface area (Å²) in [7, 11) is -3.58. The van der Waals surface area contributed by atoms with Crippen molar-refractivity contribution in [3.63, 3.8) is 0 Å². The van der Waals surface area contributed by atoms with Gasteiger partial charge in [-0.1, -0.05) is 11.6 Å². The molecule has 1 aromatic carbocycles. The van der Waals surface area contributed by atoms with Gasteiger partial charge in [0.05, 0.1) is 16.8 Å². The first-order chi connectivity index (χ1) is 13.5. The number of nitrogens with one attached hydrogen (secondary N) is 2.